The van der Waals surface area contributed by atoms with Gasteiger partial charge in [-0.3, -0.25) is 4.21 Å². The van der Waals surface area contributed by atoms with Gasteiger partial charge >= 0.3 is 6.61 Å². The first-order valence-electron chi connectivity index (χ1n) is 8.84. The number of halogens is 2. The molecular formula is C18H23F2N2O3S-. The molecule has 1 aliphatic carbocycles. The SMILES string of the molecule is CC1CCC(C(C)C)C(c2c(OC(F)F)ccc3[nH]c(S(=O)[O-])nc23)C1. The van der Waals surface area contributed by atoms with Crippen LogP contribution in [-0.2, 0) is 11.1 Å². The lowest BCUT2D eigenvalue weighted by molar-refractivity contribution is -0.0509. The lowest BCUT2D eigenvalue weighted by atomic mass is 9.67. The Labute approximate surface area is 153 Å². The second-order valence-corrected chi connectivity index (χ2v) is 8.32. The molecule has 4 atom stereocenters. The van der Waals surface area contributed by atoms with Crippen molar-refractivity contribution in [3.8, 4) is 5.75 Å². The molecule has 0 spiro atoms. The highest BCUT2D eigenvalue weighted by Crippen LogP contribution is 2.48. The Morgan fingerprint density at radius 3 is 2.69 bits per heavy atom. The minimum absolute atomic E-state index is 0.00700. The zero-order valence-electron chi connectivity index (χ0n) is 15.0. The van der Waals surface area contributed by atoms with Crippen molar-refractivity contribution >= 4 is 22.1 Å². The van der Waals surface area contributed by atoms with Gasteiger partial charge in [0, 0.05) is 16.6 Å². The van der Waals surface area contributed by atoms with Crippen molar-refractivity contribution in [1.82, 2.24) is 9.97 Å². The normalized spacial score (nSPS) is 25.2. The minimum atomic E-state index is -2.95. The topological polar surface area (TPSA) is 78.0 Å². The molecule has 3 rings (SSSR count). The van der Waals surface area contributed by atoms with Crippen molar-refractivity contribution in [2.45, 2.75) is 57.7 Å². The van der Waals surface area contributed by atoms with Crippen LogP contribution in [0.5, 0.6) is 5.75 Å². The van der Waals surface area contributed by atoms with Gasteiger partial charge in [0.1, 0.15) is 5.75 Å². The van der Waals surface area contributed by atoms with E-state index in [0.29, 0.717) is 34.4 Å². The van der Waals surface area contributed by atoms with Gasteiger partial charge in [-0.25, -0.2) is 4.98 Å². The Bertz CT molecular complexity index is 809. The summed E-state index contributed by atoms with van der Waals surface area (Å²) < 4.78 is 53.4. The van der Waals surface area contributed by atoms with Crippen molar-refractivity contribution in [3.05, 3.63) is 17.7 Å². The number of nitrogens with one attached hydrogen (secondary N) is 1. The predicted molar refractivity (Wildman–Crippen MR) is 94.0 cm³/mol. The van der Waals surface area contributed by atoms with Crippen LogP contribution in [0.25, 0.3) is 11.0 Å². The summed E-state index contributed by atoms with van der Waals surface area (Å²) >= 11 is -2.52. The van der Waals surface area contributed by atoms with Gasteiger partial charge < -0.3 is 14.3 Å². The molecule has 26 heavy (non-hydrogen) atoms. The van der Waals surface area contributed by atoms with E-state index in [-0.39, 0.29) is 16.8 Å². The fraction of sp³-hybridized carbons (Fsp3) is 0.611. The number of benzene rings is 1. The maximum absolute atomic E-state index is 13.0. The van der Waals surface area contributed by atoms with E-state index in [0.717, 1.165) is 19.3 Å². The van der Waals surface area contributed by atoms with E-state index in [2.05, 4.69) is 30.7 Å². The van der Waals surface area contributed by atoms with Gasteiger partial charge in [0.2, 0.25) is 0 Å². The van der Waals surface area contributed by atoms with Crippen LogP contribution in [0.4, 0.5) is 8.78 Å². The minimum Gasteiger partial charge on any atom is -0.766 e. The van der Waals surface area contributed by atoms with Crippen LogP contribution in [0.3, 0.4) is 0 Å². The first kappa shape index (κ1) is 19.2. The number of rotatable bonds is 5. The number of nitrogens with zero attached hydrogens (tertiary/aromatic N) is 1. The van der Waals surface area contributed by atoms with E-state index in [4.69, 9.17) is 4.74 Å². The van der Waals surface area contributed by atoms with Gasteiger partial charge in [-0.05, 0) is 48.6 Å². The molecule has 1 heterocycles. The highest BCUT2D eigenvalue weighted by molar-refractivity contribution is 7.79. The Hall–Kier alpha value is -1.54. The first-order valence-corrected chi connectivity index (χ1v) is 9.92. The number of aromatic nitrogens is 2. The van der Waals surface area contributed by atoms with E-state index in [1.807, 2.05) is 0 Å². The fourth-order valence-corrected chi connectivity index (χ4v) is 4.58. The average molecular weight is 385 g/mol. The zero-order valence-corrected chi connectivity index (χ0v) is 15.8. The molecular weight excluding hydrogens is 362 g/mol. The van der Waals surface area contributed by atoms with Gasteiger partial charge in [0.25, 0.3) is 0 Å². The predicted octanol–water partition coefficient (Wildman–Crippen LogP) is 4.58. The summed E-state index contributed by atoms with van der Waals surface area (Å²) in [6.45, 7) is 3.46. The van der Waals surface area contributed by atoms with Crippen LogP contribution in [-0.4, -0.2) is 25.3 Å². The van der Waals surface area contributed by atoms with E-state index in [9.17, 15) is 17.5 Å². The molecule has 0 amide bonds. The highest BCUT2D eigenvalue weighted by atomic mass is 32.2. The Morgan fingerprint density at radius 1 is 1.35 bits per heavy atom. The smallest absolute Gasteiger partial charge is 0.387 e. The molecule has 0 aliphatic heterocycles. The number of alkyl halides is 2. The van der Waals surface area contributed by atoms with Crippen LogP contribution in [0.2, 0.25) is 0 Å². The Kier molecular flexibility index (Phi) is 5.62. The van der Waals surface area contributed by atoms with Crippen LogP contribution in [0, 0.1) is 17.8 Å². The summed E-state index contributed by atoms with van der Waals surface area (Å²) in [7, 11) is 0. The van der Waals surface area contributed by atoms with Crippen molar-refractivity contribution in [1.29, 1.82) is 0 Å². The Morgan fingerprint density at radius 2 is 2.08 bits per heavy atom. The number of ether oxygens (including phenoxy) is 1. The molecule has 5 nitrogen and oxygen atoms in total. The number of aromatic amines is 1. The van der Waals surface area contributed by atoms with E-state index in [1.165, 1.54) is 12.1 Å². The zero-order chi connectivity index (χ0) is 19.0. The quantitative estimate of drug-likeness (QED) is 0.764. The lowest BCUT2D eigenvalue weighted by Crippen LogP contribution is -2.27. The average Bonchev–Trinajstić information content (AvgIpc) is 2.98. The summed E-state index contributed by atoms with van der Waals surface area (Å²) in [6.07, 6.45) is 2.93. The number of H-pyrrole nitrogens is 1. The molecule has 0 bridgehead atoms. The summed E-state index contributed by atoms with van der Waals surface area (Å²) in [4.78, 5) is 6.92. The van der Waals surface area contributed by atoms with Gasteiger partial charge in [0.15, 0.2) is 5.16 Å². The van der Waals surface area contributed by atoms with Crippen LogP contribution in [0.15, 0.2) is 17.3 Å². The third kappa shape index (κ3) is 3.76. The van der Waals surface area contributed by atoms with Crippen LogP contribution in [0.1, 0.15) is 51.5 Å². The molecule has 1 aliphatic rings. The van der Waals surface area contributed by atoms with Crippen LogP contribution >= 0.6 is 0 Å². The third-order valence-corrected chi connectivity index (χ3v) is 5.91. The maximum Gasteiger partial charge on any atom is 0.387 e. The summed E-state index contributed by atoms with van der Waals surface area (Å²) in [6, 6.07) is 3.02. The highest BCUT2D eigenvalue weighted by Gasteiger charge is 2.35. The maximum atomic E-state index is 13.0. The molecule has 144 valence electrons. The van der Waals surface area contributed by atoms with Gasteiger partial charge in [-0.2, -0.15) is 8.78 Å². The second-order valence-electron chi connectivity index (χ2n) is 7.46. The summed E-state index contributed by atoms with van der Waals surface area (Å²) in [5.74, 6) is 1.21. The van der Waals surface area contributed by atoms with E-state index in [1.54, 1.807) is 0 Å². The monoisotopic (exact) mass is 385 g/mol. The third-order valence-electron chi connectivity index (χ3n) is 5.40. The number of hydrogen-bond donors (Lipinski definition) is 1. The van der Waals surface area contributed by atoms with Gasteiger partial charge in [-0.1, -0.05) is 27.2 Å². The van der Waals surface area contributed by atoms with Crippen molar-refractivity contribution in [3.63, 3.8) is 0 Å². The molecule has 1 fully saturated rings. The van der Waals surface area contributed by atoms with E-state index >= 15 is 0 Å². The Balaban J connectivity index is 2.20. The standard InChI is InChI=1S/C18H24F2N2O3S/c1-9(2)11-5-4-10(3)8-12(11)15-14(25-17(19)20)7-6-13-16(15)22-18(21-13)26(23)24/h6-7,9-12,17H,4-5,8H2,1-3H3,(H,21,22)(H,23,24)/p-1. The lowest BCUT2D eigenvalue weighted by Gasteiger charge is -2.38. The van der Waals surface area contributed by atoms with E-state index < -0.39 is 17.7 Å². The van der Waals surface area contributed by atoms with Gasteiger partial charge in [0.05, 0.1) is 11.0 Å². The first-order chi connectivity index (χ1) is 12.3. The molecule has 2 aromatic rings. The van der Waals surface area contributed by atoms with Crippen molar-refractivity contribution < 1.29 is 22.3 Å². The molecule has 0 radical (unpaired) electrons. The van der Waals surface area contributed by atoms with Gasteiger partial charge in [-0.15, -0.1) is 0 Å². The molecule has 1 N–H and O–H groups in total. The number of imidazole rings is 1. The van der Waals surface area contributed by atoms with Crippen molar-refractivity contribution in [2.24, 2.45) is 17.8 Å². The van der Waals surface area contributed by atoms with Crippen LogP contribution < -0.4 is 4.74 Å². The summed E-state index contributed by atoms with van der Waals surface area (Å²) in [5.41, 5.74) is 1.52. The molecule has 8 heteroatoms. The number of fused-ring (bicyclic) bond motifs is 1. The number of hydrogen-bond acceptors (Lipinski definition) is 4. The second kappa shape index (κ2) is 7.60. The largest absolute Gasteiger partial charge is 0.766 e. The molecule has 1 aromatic carbocycles. The molecule has 0 saturated heterocycles. The fourth-order valence-electron chi connectivity index (χ4n) is 4.23. The summed E-state index contributed by atoms with van der Waals surface area (Å²) in [5, 5.41) is -0.194. The molecule has 1 saturated carbocycles. The molecule has 4 unspecified atom stereocenters. The molecule has 1 aromatic heterocycles. The van der Waals surface area contributed by atoms with Crippen molar-refractivity contribution in [2.75, 3.05) is 0 Å².